The summed E-state index contributed by atoms with van der Waals surface area (Å²) in [6.45, 7) is 6.61. The van der Waals surface area contributed by atoms with Crippen LogP contribution in [-0.2, 0) is 0 Å². The second kappa shape index (κ2) is 2.82. The molecule has 1 atom stereocenters. The van der Waals surface area contributed by atoms with Crippen molar-refractivity contribution in [2.24, 2.45) is 0 Å². The maximum atomic E-state index is 4.11. The first kappa shape index (κ1) is 7.11. The van der Waals surface area contributed by atoms with E-state index in [1.807, 2.05) is 0 Å². The van der Waals surface area contributed by atoms with E-state index in [1.165, 1.54) is 37.9 Å². The van der Waals surface area contributed by atoms with Crippen molar-refractivity contribution in [2.45, 2.75) is 25.3 Å². The van der Waals surface area contributed by atoms with Gasteiger partial charge in [0, 0.05) is 12.6 Å². The van der Waals surface area contributed by atoms with Gasteiger partial charge in [-0.05, 0) is 25.8 Å². The minimum Gasteiger partial charge on any atom is -0.293 e. The van der Waals surface area contributed by atoms with Crippen LogP contribution in [0.5, 0.6) is 0 Å². The van der Waals surface area contributed by atoms with E-state index in [9.17, 15) is 0 Å². The Kier molecular flexibility index (Phi) is 1.82. The monoisotopic (exact) mass is 149 g/mol. The van der Waals surface area contributed by atoms with Gasteiger partial charge in [0.25, 0.3) is 0 Å². The van der Waals surface area contributed by atoms with Gasteiger partial charge in [0.15, 0.2) is 0 Å². The Labute approximate surface area is 68.4 Å². The molecule has 0 saturated carbocycles. The lowest BCUT2D eigenvalue weighted by Gasteiger charge is -2.37. The molecule has 0 radical (unpaired) electrons. The highest BCUT2D eigenvalue weighted by Crippen LogP contribution is 2.24. The predicted octanol–water partition coefficient (Wildman–Crippen LogP) is 1.97. The molecule has 1 nitrogen and oxygen atoms in total. The Morgan fingerprint density at radius 2 is 2.36 bits per heavy atom. The highest BCUT2D eigenvalue weighted by Gasteiger charge is 2.23. The van der Waals surface area contributed by atoms with Crippen LogP contribution in [-0.4, -0.2) is 24.0 Å². The van der Waals surface area contributed by atoms with E-state index in [4.69, 9.17) is 0 Å². The van der Waals surface area contributed by atoms with Crippen molar-refractivity contribution in [1.82, 2.24) is 4.90 Å². The third kappa shape index (κ3) is 1.25. The van der Waals surface area contributed by atoms with Crippen LogP contribution < -0.4 is 0 Å². The van der Waals surface area contributed by atoms with Gasteiger partial charge in [0.05, 0.1) is 0 Å². The molecular weight excluding hydrogens is 134 g/mol. The van der Waals surface area contributed by atoms with Crippen LogP contribution in [0.4, 0.5) is 0 Å². The fourth-order valence-electron chi connectivity index (χ4n) is 2.03. The first-order valence-electron chi connectivity index (χ1n) is 4.46. The average Bonchev–Trinajstić information content (AvgIpc) is 2.06. The van der Waals surface area contributed by atoms with E-state index in [-0.39, 0.29) is 0 Å². The van der Waals surface area contributed by atoms with Crippen LogP contribution in [0.15, 0.2) is 24.3 Å². The quantitative estimate of drug-likeness (QED) is 0.476. The van der Waals surface area contributed by atoms with Crippen molar-refractivity contribution in [1.29, 1.82) is 0 Å². The first-order chi connectivity index (χ1) is 5.38. The molecule has 1 unspecified atom stereocenters. The Balaban J connectivity index is 2.16. The molecule has 2 heterocycles. The van der Waals surface area contributed by atoms with Gasteiger partial charge < -0.3 is 0 Å². The standard InChI is InChI=1S/C10H15N/c1-9-5-4-8-11-7-3-2-6-10(9)11/h2,6,10H,1,3-5,7-8H2. The maximum absolute atomic E-state index is 4.11. The Hall–Kier alpha value is -0.560. The molecule has 1 saturated heterocycles. The van der Waals surface area contributed by atoms with E-state index < -0.39 is 0 Å². The number of piperidine rings is 1. The van der Waals surface area contributed by atoms with Crippen molar-refractivity contribution >= 4 is 0 Å². The lowest BCUT2D eigenvalue weighted by atomic mass is 9.94. The lowest BCUT2D eigenvalue weighted by molar-refractivity contribution is 0.216. The van der Waals surface area contributed by atoms with Crippen molar-refractivity contribution < 1.29 is 0 Å². The van der Waals surface area contributed by atoms with Crippen LogP contribution in [0.25, 0.3) is 0 Å². The molecule has 0 aromatic rings. The van der Waals surface area contributed by atoms with Crippen molar-refractivity contribution in [3.05, 3.63) is 24.3 Å². The minimum atomic E-state index is 0.581. The average molecular weight is 149 g/mol. The van der Waals surface area contributed by atoms with Gasteiger partial charge in [-0.25, -0.2) is 0 Å². The highest BCUT2D eigenvalue weighted by atomic mass is 15.2. The normalized spacial score (nSPS) is 32.0. The summed E-state index contributed by atoms with van der Waals surface area (Å²) in [5.41, 5.74) is 1.41. The van der Waals surface area contributed by atoms with Crippen molar-refractivity contribution in [3.63, 3.8) is 0 Å². The van der Waals surface area contributed by atoms with Gasteiger partial charge >= 0.3 is 0 Å². The smallest absolute Gasteiger partial charge is 0.0488 e. The number of hydrogen-bond donors (Lipinski definition) is 0. The molecule has 1 fully saturated rings. The van der Waals surface area contributed by atoms with Crippen LogP contribution >= 0.6 is 0 Å². The third-order valence-electron chi connectivity index (χ3n) is 2.66. The summed E-state index contributed by atoms with van der Waals surface area (Å²) in [5, 5.41) is 0. The number of rotatable bonds is 0. The second-order valence-electron chi connectivity index (χ2n) is 3.46. The molecule has 0 aromatic heterocycles. The summed E-state index contributed by atoms with van der Waals surface area (Å²) in [7, 11) is 0. The van der Waals surface area contributed by atoms with Gasteiger partial charge in [0.2, 0.25) is 0 Å². The Morgan fingerprint density at radius 3 is 3.18 bits per heavy atom. The molecule has 60 valence electrons. The number of fused-ring (bicyclic) bond motifs is 1. The SMILES string of the molecule is C=C1CCCN2CCC=CC12. The molecule has 11 heavy (non-hydrogen) atoms. The molecule has 2 rings (SSSR count). The topological polar surface area (TPSA) is 3.24 Å². The molecule has 0 bridgehead atoms. The Morgan fingerprint density at radius 1 is 1.45 bits per heavy atom. The zero-order valence-corrected chi connectivity index (χ0v) is 6.92. The van der Waals surface area contributed by atoms with Crippen LogP contribution in [0.1, 0.15) is 19.3 Å². The molecule has 0 aromatic carbocycles. The predicted molar refractivity (Wildman–Crippen MR) is 47.5 cm³/mol. The first-order valence-corrected chi connectivity index (χ1v) is 4.46. The van der Waals surface area contributed by atoms with E-state index >= 15 is 0 Å². The summed E-state index contributed by atoms with van der Waals surface area (Å²) in [6.07, 6.45) is 8.36. The Bertz CT molecular complexity index is 193. The van der Waals surface area contributed by atoms with Crippen LogP contribution in [0.2, 0.25) is 0 Å². The summed E-state index contributed by atoms with van der Waals surface area (Å²) in [4.78, 5) is 2.53. The fourth-order valence-corrected chi connectivity index (χ4v) is 2.03. The zero-order valence-electron chi connectivity index (χ0n) is 6.92. The summed E-state index contributed by atoms with van der Waals surface area (Å²) >= 11 is 0. The van der Waals surface area contributed by atoms with E-state index in [1.54, 1.807) is 0 Å². The molecule has 0 aliphatic carbocycles. The highest BCUT2D eigenvalue weighted by molar-refractivity contribution is 5.19. The zero-order chi connectivity index (χ0) is 7.68. The van der Waals surface area contributed by atoms with Gasteiger partial charge in [-0.15, -0.1) is 0 Å². The van der Waals surface area contributed by atoms with Crippen molar-refractivity contribution in [2.75, 3.05) is 13.1 Å². The van der Waals surface area contributed by atoms with Crippen molar-refractivity contribution in [3.8, 4) is 0 Å². The van der Waals surface area contributed by atoms with Gasteiger partial charge in [0.1, 0.15) is 0 Å². The van der Waals surface area contributed by atoms with E-state index in [0.717, 1.165) is 0 Å². The number of hydrogen-bond acceptors (Lipinski definition) is 1. The fraction of sp³-hybridized carbons (Fsp3) is 0.600. The van der Waals surface area contributed by atoms with E-state index in [0.29, 0.717) is 6.04 Å². The van der Waals surface area contributed by atoms with Gasteiger partial charge in [-0.3, -0.25) is 4.90 Å². The molecule has 0 amide bonds. The van der Waals surface area contributed by atoms with Gasteiger partial charge in [-0.2, -0.15) is 0 Å². The van der Waals surface area contributed by atoms with E-state index in [2.05, 4.69) is 23.6 Å². The molecular formula is C10H15N. The number of nitrogens with zero attached hydrogens (tertiary/aromatic N) is 1. The molecule has 2 aliphatic rings. The third-order valence-corrected chi connectivity index (χ3v) is 2.66. The summed E-state index contributed by atoms with van der Waals surface area (Å²) in [6, 6.07) is 0.581. The molecule has 1 heteroatoms. The second-order valence-corrected chi connectivity index (χ2v) is 3.46. The van der Waals surface area contributed by atoms with Crippen LogP contribution in [0, 0.1) is 0 Å². The summed E-state index contributed by atoms with van der Waals surface area (Å²) in [5.74, 6) is 0. The maximum Gasteiger partial charge on any atom is 0.0488 e. The van der Waals surface area contributed by atoms with Crippen LogP contribution in [0.3, 0.4) is 0 Å². The summed E-state index contributed by atoms with van der Waals surface area (Å²) < 4.78 is 0. The molecule has 2 aliphatic heterocycles. The van der Waals surface area contributed by atoms with Gasteiger partial charge in [-0.1, -0.05) is 24.3 Å². The minimum absolute atomic E-state index is 0.581. The molecule has 0 N–H and O–H groups in total. The molecule has 0 spiro atoms. The largest absolute Gasteiger partial charge is 0.293 e. The lowest BCUT2D eigenvalue weighted by Crippen LogP contribution is -2.41.